The van der Waals surface area contributed by atoms with Crippen LogP contribution in [0.25, 0.3) is 0 Å². The topological polar surface area (TPSA) is 75.7 Å². The van der Waals surface area contributed by atoms with Crippen LogP contribution in [0.15, 0.2) is 36.4 Å². The van der Waals surface area contributed by atoms with Crippen LogP contribution in [0.4, 0.5) is 0 Å². The molecule has 4 rings (SSSR count). The number of rotatable bonds is 5. The Morgan fingerprint density at radius 2 is 1.96 bits per heavy atom. The van der Waals surface area contributed by atoms with E-state index in [1.54, 1.807) is 4.31 Å². The van der Waals surface area contributed by atoms with Crippen LogP contribution < -0.4 is 5.32 Å². The van der Waals surface area contributed by atoms with Gasteiger partial charge in [-0.3, -0.25) is 4.79 Å². The number of piperidine rings is 1. The fourth-order valence-electron chi connectivity index (χ4n) is 3.67. The second kappa shape index (κ2) is 8.32. The summed E-state index contributed by atoms with van der Waals surface area (Å²) in [7, 11) is -3.33. The van der Waals surface area contributed by atoms with E-state index in [-0.39, 0.29) is 17.7 Å². The monoisotopic (exact) mass is 420 g/mol. The quantitative estimate of drug-likeness (QED) is 0.807. The van der Waals surface area contributed by atoms with Crippen LogP contribution >= 0.6 is 11.3 Å². The molecule has 2 aromatic rings. The van der Waals surface area contributed by atoms with Gasteiger partial charge in [0.15, 0.2) is 0 Å². The molecule has 28 heavy (non-hydrogen) atoms. The van der Waals surface area contributed by atoms with Crippen LogP contribution in [0.1, 0.15) is 38.5 Å². The molecule has 2 aliphatic heterocycles. The SMILES string of the molecule is O=C(NC1CCN(S(=O)(=O)Cc2ccccc2)CC1)c1cc2c(s1)CCOC2. The van der Waals surface area contributed by atoms with Gasteiger partial charge in [0, 0.05) is 30.4 Å². The van der Waals surface area contributed by atoms with E-state index in [0.29, 0.717) is 39.1 Å². The standard InChI is InChI=1S/C20H24N2O4S2/c23-20(19-12-16-13-26-11-8-18(16)27-19)21-17-6-9-22(10-7-17)28(24,25)14-15-4-2-1-3-5-15/h1-5,12,17H,6-11,13-14H2,(H,21,23). The molecule has 0 atom stereocenters. The minimum Gasteiger partial charge on any atom is -0.376 e. The van der Waals surface area contributed by atoms with E-state index in [2.05, 4.69) is 5.32 Å². The van der Waals surface area contributed by atoms with E-state index >= 15 is 0 Å². The van der Waals surface area contributed by atoms with Crippen LogP contribution in [0.2, 0.25) is 0 Å². The summed E-state index contributed by atoms with van der Waals surface area (Å²) < 4.78 is 32.3. The number of carbonyl (C=O) groups excluding carboxylic acids is 1. The maximum atomic E-state index is 12.6. The van der Waals surface area contributed by atoms with Crippen molar-refractivity contribution in [3.8, 4) is 0 Å². The number of hydrogen-bond acceptors (Lipinski definition) is 5. The lowest BCUT2D eigenvalue weighted by molar-refractivity contribution is 0.0927. The largest absolute Gasteiger partial charge is 0.376 e. The second-order valence-electron chi connectivity index (χ2n) is 7.25. The van der Waals surface area contributed by atoms with Crippen LogP contribution in [-0.2, 0) is 33.5 Å². The zero-order chi connectivity index (χ0) is 19.6. The number of amides is 1. The number of carbonyl (C=O) groups is 1. The minimum atomic E-state index is -3.33. The Morgan fingerprint density at radius 1 is 1.21 bits per heavy atom. The van der Waals surface area contributed by atoms with Gasteiger partial charge in [-0.15, -0.1) is 11.3 Å². The van der Waals surface area contributed by atoms with Crippen molar-refractivity contribution >= 4 is 27.3 Å². The first-order chi connectivity index (χ1) is 13.5. The van der Waals surface area contributed by atoms with E-state index in [4.69, 9.17) is 4.74 Å². The van der Waals surface area contributed by atoms with Crippen molar-refractivity contribution in [1.29, 1.82) is 0 Å². The molecule has 1 aromatic heterocycles. The maximum absolute atomic E-state index is 12.6. The molecule has 8 heteroatoms. The zero-order valence-electron chi connectivity index (χ0n) is 15.6. The van der Waals surface area contributed by atoms with Crippen molar-refractivity contribution in [3.63, 3.8) is 0 Å². The van der Waals surface area contributed by atoms with E-state index < -0.39 is 10.0 Å². The van der Waals surface area contributed by atoms with Gasteiger partial charge in [-0.2, -0.15) is 0 Å². The van der Waals surface area contributed by atoms with Crippen molar-refractivity contribution in [3.05, 3.63) is 57.3 Å². The molecule has 1 aromatic carbocycles. The van der Waals surface area contributed by atoms with E-state index in [1.807, 2.05) is 36.4 Å². The molecule has 1 fully saturated rings. The molecule has 0 bridgehead atoms. The van der Waals surface area contributed by atoms with Gasteiger partial charge in [-0.05, 0) is 30.0 Å². The number of nitrogens with one attached hydrogen (secondary N) is 1. The normalized spacial score (nSPS) is 18.6. The Kier molecular flexibility index (Phi) is 5.82. The molecule has 6 nitrogen and oxygen atoms in total. The third-order valence-corrected chi connectivity index (χ3v) is 8.31. The highest BCUT2D eigenvalue weighted by atomic mass is 32.2. The lowest BCUT2D eigenvalue weighted by Gasteiger charge is -2.31. The summed E-state index contributed by atoms with van der Waals surface area (Å²) >= 11 is 1.54. The number of benzene rings is 1. The Balaban J connectivity index is 1.31. The fourth-order valence-corrected chi connectivity index (χ4v) is 6.29. The number of ether oxygens (including phenoxy) is 1. The summed E-state index contributed by atoms with van der Waals surface area (Å²) in [6, 6.07) is 11.2. The summed E-state index contributed by atoms with van der Waals surface area (Å²) in [4.78, 5) is 14.5. The van der Waals surface area contributed by atoms with E-state index in [0.717, 1.165) is 22.4 Å². The molecule has 0 spiro atoms. The average Bonchev–Trinajstić information content (AvgIpc) is 3.13. The van der Waals surface area contributed by atoms with Gasteiger partial charge >= 0.3 is 0 Å². The lowest BCUT2D eigenvalue weighted by Crippen LogP contribution is -2.46. The summed E-state index contributed by atoms with van der Waals surface area (Å²) in [5.74, 6) is -0.0433. The fraction of sp³-hybridized carbons (Fsp3) is 0.450. The highest BCUT2D eigenvalue weighted by Crippen LogP contribution is 2.27. The molecule has 1 N–H and O–H groups in total. The molecule has 0 aliphatic carbocycles. The van der Waals surface area contributed by atoms with Gasteiger partial charge in [0.1, 0.15) is 0 Å². The van der Waals surface area contributed by atoms with Crippen molar-refractivity contribution in [2.24, 2.45) is 0 Å². The number of thiophene rings is 1. The molecule has 1 saturated heterocycles. The third-order valence-electron chi connectivity index (χ3n) is 5.23. The summed E-state index contributed by atoms with van der Waals surface area (Å²) in [6.45, 7) is 2.17. The van der Waals surface area contributed by atoms with Gasteiger partial charge in [0.05, 0.1) is 23.8 Å². The van der Waals surface area contributed by atoms with E-state index in [1.165, 1.54) is 16.2 Å². The first-order valence-electron chi connectivity index (χ1n) is 9.53. The molecular weight excluding hydrogens is 396 g/mol. The van der Waals surface area contributed by atoms with E-state index in [9.17, 15) is 13.2 Å². The minimum absolute atomic E-state index is 0.00560. The highest BCUT2D eigenvalue weighted by molar-refractivity contribution is 7.88. The van der Waals surface area contributed by atoms with Crippen LogP contribution in [0, 0.1) is 0 Å². The van der Waals surface area contributed by atoms with Crippen molar-refractivity contribution in [2.45, 2.75) is 37.7 Å². The maximum Gasteiger partial charge on any atom is 0.261 e. The Hall–Kier alpha value is -1.74. The van der Waals surface area contributed by atoms with Gasteiger partial charge in [-0.25, -0.2) is 12.7 Å². The van der Waals surface area contributed by atoms with Crippen LogP contribution in [0.5, 0.6) is 0 Å². The molecule has 0 radical (unpaired) electrons. The Morgan fingerprint density at radius 3 is 2.68 bits per heavy atom. The van der Waals surface area contributed by atoms with Crippen molar-refractivity contribution < 1.29 is 17.9 Å². The number of sulfonamides is 1. The molecule has 2 aliphatic rings. The van der Waals surface area contributed by atoms with Gasteiger partial charge < -0.3 is 10.1 Å². The summed E-state index contributed by atoms with van der Waals surface area (Å²) in [5.41, 5.74) is 1.91. The lowest BCUT2D eigenvalue weighted by atomic mass is 10.1. The molecule has 0 unspecified atom stereocenters. The number of nitrogens with zero attached hydrogens (tertiary/aromatic N) is 1. The molecular formula is C20H24N2O4S2. The van der Waals surface area contributed by atoms with Crippen molar-refractivity contribution in [2.75, 3.05) is 19.7 Å². The third kappa shape index (κ3) is 4.46. The molecule has 0 saturated carbocycles. The predicted molar refractivity (Wildman–Crippen MR) is 109 cm³/mol. The predicted octanol–water partition coefficient (Wildman–Crippen LogP) is 2.55. The number of hydrogen-bond donors (Lipinski definition) is 1. The first-order valence-corrected chi connectivity index (χ1v) is 12.0. The highest BCUT2D eigenvalue weighted by Gasteiger charge is 2.29. The van der Waals surface area contributed by atoms with Gasteiger partial charge in [0.2, 0.25) is 10.0 Å². The Labute approximate surface area is 169 Å². The van der Waals surface area contributed by atoms with Crippen LogP contribution in [-0.4, -0.2) is 44.4 Å². The number of fused-ring (bicyclic) bond motifs is 1. The summed E-state index contributed by atoms with van der Waals surface area (Å²) in [5, 5.41) is 3.08. The van der Waals surface area contributed by atoms with Gasteiger partial charge in [0.25, 0.3) is 5.91 Å². The molecule has 1 amide bonds. The van der Waals surface area contributed by atoms with Crippen LogP contribution in [0.3, 0.4) is 0 Å². The first kappa shape index (κ1) is 19.6. The van der Waals surface area contributed by atoms with Gasteiger partial charge in [-0.1, -0.05) is 30.3 Å². The smallest absolute Gasteiger partial charge is 0.261 e. The van der Waals surface area contributed by atoms with Crippen molar-refractivity contribution in [1.82, 2.24) is 9.62 Å². The molecule has 3 heterocycles. The zero-order valence-corrected chi connectivity index (χ0v) is 17.2. The summed E-state index contributed by atoms with van der Waals surface area (Å²) in [6.07, 6.45) is 2.13. The second-order valence-corrected chi connectivity index (χ2v) is 10.4. The average molecular weight is 421 g/mol. The molecule has 150 valence electrons. The Bertz CT molecular complexity index is 909.